The van der Waals surface area contributed by atoms with Crippen LogP contribution in [0, 0.1) is 0 Å². The molecule has 0 saturated carbocycles. The van der Waals surface area contributed by atoms with Crippen molar-refractivity contribution in [2.24, 2.45) is 5.10 Å². The van der Waals surface area contributed by atoms with Gasteiger partial charge in [-0.1, -0.05) is 53.5 Å². The zero-order chi connectivity index (χ0) is 15.5. The second-order valence-electron chi connectivity index (χ2n) is 4.59. The molecule has 0 bridgehead atoms. The molecule has 3 aromatic rings. The fraction of sp³-hybridized carbons (Fsp3) is 0. The molecule has 0 saturated heterocycles. The quantitative estimate of drug-likeness (QED) is 0.727. The molecule has 0 unspecified atom stereocenters. The second-order valence-corrected chi connectivity index (χ2v) is 5.43. The predicted molar refractivity (Wildman–Crippen MR) is 91.5 cm³/mol. The molecule has 110 valence electrons. The molecule has 0 amide bonds. The summed E-state index contributed by atoms with van der Waals surface area (Å²) in [6.45, 7) is 0. The molecule has 0 aliphatic heterocycles. The van der Waals surface area contributed by atoms with E-state index >= 15 is 0 Å². The second kappa shape index (κ2) is 6.22. The lowest BCUT2D eigenvalue weighted by Gasteiger charge is -2.04. The summed E-state index contributed by atoms with van der Waals surface area (Å²) in [5.74, 6) is 0.299. The molecular weight excluding hydrogens is 319 g/mol. The summed E-state index contributed by atoms with van der Waals surface area (Å²) in [7, 11) is 0. The van der Waals surface area contributed by atoms with Crippen molar-refractivity contribution < 1.29 is 0 Å². The SMILES string of the molecule is Nc1ncc(-c2ccc(Cl)cc2)n1N=Cc1ccccc1Cl. The lowest BCUT2D eigenvalue weighted by Crippen LogP contribution is -2.00. The van der Waals surface area contributed by atoms with Gasteiger partial charge in [0, 0.05) is 21.2 Å². The summed E-state index contributed by atoms with van der Waals surface area (Å²) >= 11 is 12.0. The number of hydrogen-bond donors (Lipinski definition) is 1. The number of nitrogen functional groups attached to an aromatic ring is 1. The highest BCUT2D eigenvalue weighted by Crippen LogP contribution is 2.23. The molecule has 22 heavy (non-hydrogen) atoms. The van der Waals surface area contributed by atoms with Gasteiger partial charge in [-0.2, -0.15) is 9.78 Å². The smallest absolute Gasteiger partial charge is 0.221 e. The third-order valence-corrected chi connectivity index (χ3v) is 3.72. The maximum absolute atomic E-state index is 6.12. The Morgan fingerprint density at radius 2 is 1.77 bits per heavy atom. The van der Waals surface area contributed by atoms with Crippen molar-refractivity contribution in [1.29, 1.82) is 0 Å². The van der Waals surface area contributed by atoms with Gasteiger partial charge < -0.3 is 5.73 Å². The Kier molecular flexibility index (Phi) is 4.13. The van der Waals surface area contributed by atoms with Crippen molar-refractivity contribution in [3.8, 4) is 11.3 Å². The van der Waals surface area contributed by atoms with Crippen LogP contribution in [-0.2, 0) is 0 Å². The topological polar surface area (TPSA) is 56.2 Å². The van der Waals surface area contributed by atoms with E-state index in [9.17, 15) is 0 Å². The number of benzene rings is 2. The Bertz CT molecular complexity index is 822. The van der Waals surface area contributed by atoms with Gasteiger partial charge in [0.05, 0.1) is 18.1 Å². The minimum atomic E-state index is 0.299. The average Bonchev–Trinajstić information content (AvgIpc) is 2.88. The number of hydrogen-bond acceptors (Lipinski definition) is 3. The number of imidazole rings is 1. The van der Waals surface area contributed by atoms with Crippen molar-refractivity contribution >= 4 is 35.4 Å². The van der Waals surface area contributed by atoms with Crippen LogP contribution in [0.1, 0.15) is 5.56 Å². The van der Waals surface area contributed by atoms with Crippen LogP contribution in [0.15, 0.2) is 59.8 Å². The number of rotatable bonds is 3. The molecule has 0 radical (unpaired) electrons. The van der Waals surface area contributed by atoms with E-state index in [2.05, 4.69) is 10.1 Å². The lowest BCUT2D eigenvalue weighted by molar-refractivity contribution is 0.906. The van der Waals surface area contributed by atoms with Crippen LogP contribution in [0.5, 0.6) is 0 Å². The fourth-order valence-electron chi connectivity index (χ4n) is 2.00. The maximum atomic E-state index is 6.12. The highest BCUT2D eigenvalue weighted by Gasteiger charge is 2.08. The number of halogens is 2. The highest BCUT2D eigenvalue weighted by molar-refractivity contribution is 6.33. The molecule has 1 aromatic heterocycles. The van der Waals surface area contributed by atoms with E-state index in [-0.39, 0.29) is 0 Å². The number of nitrogens with zero attached hydrogens (tertiary/aromatic N) is 3. The highest BCUT2D eigenvalue weighted by atomic mass is 35.5. The van der Waals surface area contributed by atoms with Crippen molar-refractivity contribution in [3.63, 3.8) is 0 Å². The molecule has 0 aliphatic carbocycles. The van der Waals surface area contributed by atoms with Gasteiger partial charge in [-0.3, -0.25) is 0 Å². The minimum absolute atomic E-state index is 0.299. The van der Waals surface area contributed by atoms with Gasteiger partial charge in [-0.25, -0.2) is 4.98 Å². The van der Waals surface area contributed by atoms with E-state index in [1.807, 2.05) is 42.5 Å². The largest absolute Gasteiger partial charge is 0.368 e. The molecule has 2 N–H and O–H groups in total. The molecule has 1 heterocycles. The lowest BCUT2D eigenvalue weighted by atomic mass is 10.2. The Hall–Kier alpha value is -2.30. The Morgan fingerprint density at radius 1 is 1.05 bits per heavy atom. The number of nitrogens with two attached hydrogens (primary N) is 1. The van der Waals surface area contributed by atoms with Crippen molar-refractivity contribution in [2.45, 2.75) is 0 Å². The maximum Gasteiger partial charge on any atom is 0.221 e. The zero-order valence-electron chi connectivity index (χ0n) is 11.4. The summed E-state index contributed by atoms with van der Waals surface area (Å²) in [6, 6.07) is 14.8. The molecular formula is C16H12Cl2N4. The number of anilines is 1. The van der Waals surface area contributed by atoms with Gasteiger partial charge in [-0.05, 0) is 18.2 Å². The van der Waals surface area contributed by atoms with Crippen LogP contribution in [0.25, 0.3) is 11.3 Å². The molecule has 2 aromatic carbocycles. The van der Waals surface area contributed by atoms with Gasteiger partial charge in [-0.15, -0.1) is 0 Å². The Labute approximate surface area is 137 Å². The summed E-state index contributed by atoms with van der Waals surface area (Å²) in [5.41, 5.74) is 8.39. The third-order valence-electron chi connectivity index (χ3n) is 3.12. The number of aromatic nitrogens is 2. The third kappa shape index (κ3) is 2.98. The fourth-order valence-corrected chi connectivity index (χ4v) is 2.31. The van der Waals surface area contributed by atoms with Gasteiger partial charge in [0.25, 0.3) is 0 Å². The first-order valence-electron chi connectivity index (χ1n) is 6.53. The van der Waals surface area contributed by atoms with Crippen LogP contribution in [-0.4, -0.2) is 15.9 Å². The normalized spacial score (nSPS) is 11.2. The Morgan fingerprint density at radius 3 is 2.50 bits per heavy atom. The summed E-state index contributed by atoms with van der Waals surface area (Å²) in [4.78, 5) is 4.11. The first kappa shape index (κ1) is 14.6. The van der Waals surface area contributed by atoms with Crippen LogP contribution in [0.4, 0.5) is 5.95 Å². The monoisotopic (exact) mass is 330 g/mol. The molecule has 4 nitrogen and oxygen atoms in total. The van der Waals surface area contributed by atoms with Gasteiger partial charge in [0.1, 0.15) is 0 Å². The molecule has 0 aliphatic rings. The zero-order valence-corrected chi connectivity index (χ0v) is 13.0. The van der Waals surface area contributed by atoms with E-state index in [0.29, 0.717) is 16.0 Å². The summed E-state index contributed by atoms with van der Waals surface area (Å²) < 4.78 is 1.56. The molecule has 0 atom stereocenters. The van der Waals surface area contributed by atoms with Gasteiger partial charge in [0.15, 0.2) is 0 Å². The Balaban J connectivity index is 2.00. The van der Waals surface area contributed by atoms with E-state index in [4.69, 9.17) is 28.9 Å². The van der Waals surface area contributed by atoms with E-state index in [1.54, 1.807) is 23.2 Å². The molecule has 0 fully saturated rings. The summed E-state index contributed by atoms with van der Waals surface area (Å²) in [5, 5.41) is 5.67. The predicted octanol–water partition coefficient (Wildman–Crippen LogP) is 4.32. The van der Waals surface area contributed by atoms with Crippen molar-refractivity contribution in [2.75, 3.05) is 5.73 Å². The first-order valence-corrected chi connectivity index (χ1v) is 7.29. The van der Waals surface area contributed by atoms with Crippen LogP contribution < -0.4 is 5.73 Å². The molecule has 6 heteroatoms. The van der Waals surface area contributed by atoms with Crippen molar-refractivity contribution in [1.82, 2.24) is 9.66 Å². The van der Waals surface area contributed by atoms with Gasteiger partial charge >= 0.3 is 0 Å². The minimum Gasteiger partial charge on any atom is -0.368 e. The van der Waals surface area contributed by atoms with E-state index < -0.39 is 0 Å². The van der Waals surface area contributed by atoms with Crippen molar-refractivity contribution in [3.05, 3.63) is 70.3 Å². The molecule has 3 rings (SSSR count). The van der Waals surface area contributed by atoms with E-state index in [0.717, 1.165) is 16.8 Å². The standard InChI is InChI=1S/C16H12Cl2N4/c17-13-7-5-11(6-8-13)15-10-20-16(19)22(15)21-9-12-3-1-2-4-14(12)18/h1-10H,(H2,19,20). The summed E-state index contributed by atoms with van der Waals surface area (Å²) in [6.07, 6.45) is 3.32. The average molecular weight is 331 g/mol. The first-order chi connectivity index (χ1) is 10.6. The van der Waals surface area contributed by atoms with Gasteiger partial charge in [0.2, 0.25) is 5.95 Å². The van der Waals surface area contributed by atoms with Crippen LogP contribution >= 0.6 is 23.2 Å². The van der Waals surface area contributed by atoms with Crippen LogP contribution in [0.2, 0.25) is 10.0 Å². The van der Waals surface area contributed by atoms with Crippen LogP contribution in [0.3, 0.4) is 0 Å². The van der Waals surface area contributed by atoms with E-state index in [1.165, 1.54) is 0 Å². The molecule has 0 spiro atoms.